The van der Waals surface area contributed by atoms with Crippen LogP contribution in [-0.2, 0) is 29.0 Å². The highest BCUT2D eigenvalue weighted by Gasteiger charge is 2.42. The first kappa shape index (κ1) is 28.6. The van der Waals surface area contributed by atoms with Gasteiger partial charge in [0.15, 0.2) is 0 Å². The van der Waals surface area contributed by atoms with Crippen LogP contribution in [0.3, 0.4) is 0 Å². The fourth-order valence-corrected chi connectivity index (χ4v) is 5.03. The average Bonchev–Trinajstić information content (AvgIpc) is 3.19. The van der Waals surface area contributed by atoms with Crippen LogP contribution in [0.5, 0.6) is 5.75 Å². The molecule has 1 aromatic carbocycles. The zero-order valence-corrected chi connectivity index (χ0v) is 21.4. The number of nitrogens with zero attached hydrogens (tertiary/aromatic N) is 3. The van der Waals surface area contributed by atoms with Gasteiger partial charge in [-0.1, -0.05) is 19.4 Å². The lowest BCUT2D eigenvalue weighted by Gasteiger charge is -2.33. The van der Waals surface area contributed by atoms with Crippen molar-refractivity contribution in [3.63, 3.8) is 0 Å². The van der Waals surface area contributed by atoms with Gasteiger partial charge in [0.1, 0.15) is 12.3 Å². The summed E-state index contributed by atoms with van der Waals surface area (Å²) in [5.74, 6) is -1.71. The molecule has 3 heterocycles. The number of alkyl halides is 3. The van der Waals surface area contributed by atoms with E-state index < -0.39 is 43.0 Å². The van der Waals surface area contributed by atoms with Crippen molar-refractivity contribution < 1.29 is 32.6 Å². The minimum atomic E-state index is -4.60. The van der Waals surface area contributed by atoms with Crippen LogP contribution < -0.4 is 10.1 Å². The fraction of sp³-hybridized carbons (Fsp3) is 0.560. The maximum atomic E-state index is 13.5. The summed E-state index contributed by atoms with van der Waals surface area (Å²) in [4.78, 5) is 29.9. The van der Waals surface area contributed by atoms with Crippen molar-refractivity contribution in [3.8, 4) is 5.75 Å². The van der Waals surface area contributed by atoms with Crippen LogP contribution in [0.15, 0.2) is 24.4 Å². The number of benzene rings is 1. The molecule has 1 amide bonds. The maximum absolute atomic E-state index is 13.5. The second kappa shape index (κ2) is 12.1. The van der Waals surface area contributed by atoms with Gasteiger partial charge in [0, 0.05) is 25.7 Å². The SMILES string of the molecule is CCCC1c2cc(OCCc3cn4c(n3)NCCC4)ccc2C[C@@H](CC(=O)O)C(=O)N1CC(F)(F)F.Cl. The first-order chi connectivity index (χ1) is 17.1. The number of aryl methyl sites for hydroxylation is 1. The van der Waals surface area contributed by atoms with Crippen molar-refractivity contribution in [2.75, 3.05) is 25.0 Å². The molecule has 0 saturated carbocycles. The predicted molar refractivity (Wildman–Crippen MR) is 133 cm³/mol. The number of carboxylic acid groups (broad SMARTS) is 1. The van der Waals surface area contributed by atoms with E-state index in [1.165, 1.54) is 0 Å². The lowest BCUT2D eigenvalue weighted by Crippen LogP contribution is -2.43. The number of hydrogen-bond acceptors (Lipinski definition) is 5. The minimum Gasteiger partial charge on any atom is -0.493 e. The Hall–Kier alpha value is -2.95. The maximum Gasteiger partial charge on any atom is 0.406 e. The molecule has 0 fully saturated rings. The summed E-state index contributed by atoms with van der Waals surface area (Å²) >= 11 is 0. The van der Waals surface area contributed by atoms with E-state index in [4.69, 9.17) is 4.74 Å². The summed E-state index contributed by atoms with van der Waals surface area (Å²) in [6.07, 6.45) is -0.583. The van der Waals surface area contributed by atoms with Gasteiger partial charge >= 0.3 is 12.1 Å². The molecule has 37 heavy (non-hydrogen) atoms. The molecule has 8 nitrogen and oxygen atoms in total. The Kier molecular flexibility index (Phi) is 9.33. The quantitative estimate of drug-likeness (QED) is 0.478. The van der Waals surface area contributed by atoms with Crippen molar-refractivity contribution in [1.82, 2.24) is 14.5 Å². The van der Waals surface area contributed by atoms with E-state index in [0.717, 1.165) is 36.1 Å². The van der Waals surface area contributed by atoms with Crippen LogP contribution in [0.2, 0.25) is 0 Å². The number of aromatic nitrogens is 2. The molecule has 0 radical (unpaired) electrons. The number of hydrogen-bond donors (Lipinski definition) is 2. The van der Waals surface area contributed by atoms with Gasteiger partial charge in [-0.25, -0.2) is 4.98 Å². The number of anilines is 1. The lowest BCUT2D eigenvalue weighted by atomic mass is 9.92. The van der Waals surface area contributed by atoms with E-state index >= 15 is 0 Å². The third-order valence-corrected chi connectivity index (χ3v) is 6.60. The molecule has 0 saturated heterocycles. The number of ether oxygens (including phenoxy) is 1. The zero-order chi connectivity index (χ0) is 25.9. The molecule has 204 valence electrons. The van der Waals surface area contributed by atoms with E-state index in [1.807, 2.05) is 13.1 Å². The summed E-state index contributed by atoms with van der Waals surface area (Å²) in [5.41, 5.74) is 2.15. The highest BCUT2D eigenvalue weighted by atomic mass is 35.5. The molecular formula is C25H32ClF3N4O4. The molecule has 4 rings (SSSR count). The second-order valence-electron chi connectivity index (χ2n) is 9.37. The normalized spacial score (nSPS) is 19.2. The van der Waals surface area contributed by atoms with Crippen molar-refractivity contribution in [3.05, 3.63) is 41.2 Å². The first-order valence-corrected chi connectivity index (χ1v) is 12.3. The van der Waals surface area contributed by atoms with Crippen LogP contribution in [0.25, 0.3) is 0 Å². The number of rotatable bonds is 9. The number of imidazole rings is 1. The van der Waals surface area contributed by atoms with E-state index in [0.29, 0.717) is 42.7 Å². The number of aliphatic carboxylic acids is 1. The van der Waals surface area contributed by atoms with Crippen LogP contribution in [-0.4, -0.2) is 57.3 Å². The Morgan fingerprint density at radius 2 is 2.11 bits per heavy atom. The Bertz CT molecular complexity index is 1080. The topological polar surface area (TPSA) is 96.7 Å². The van der Waals surface area contributed by atoms with Gasteiger partial charge in [-0.05, 0) is 42.5 Å². The standard InChI is InChI=1S/C25H31F3N4O4.ClH/c1-2-4-21-20-13-19(36-10-7-18-14-31-9-3-8-29-24(31)30-18)6-5-16(20)11-17(12-22(33)34)23(35)32(21)15-25(26,27)28;/h5-6,13-14,17,21H,2-4,7-12,15H2,1H3,(H,29,30)(H,33,34);1H/t17-,21?;/m0./s1. The fourth-order valence-electron chi connectivity index (χ4n) is 5.03. The molecule has 12 heteroatoms. The van der Waals surface area contributed by atoms with Crippen molar-refractivity contribution in [2.24, 2.45) is 5.92 Å². The summed E-state index contributed by atoms with van der Waals surface area (Å²) in [6, 6.07) is 4.36. The molecule has 2 aliphatic rings. The lowest BCUT2D eigenvalue weighted by molar-refractivity contribution is -0.169. The van der Waals surface area contributed by atoms with Gasteiger partial charge in [0.05, 0.1) is 30.7 Å². The van der Waals surface area contributed by atoms with Crippen LogP contribution in [0.1, 0.15) is 55.5 Å². The zero-order valence-electron chi connectivity index (χ0n) is 20.6. The molecule has 2 N–H and O–H groups in total. The molecule has 1 unspecified atom stereocenters. The third-order valence-electron chi connectivity index (χ3n) is 6.60. The third kappa shape index (κ3) is 7.09. The molecule has 0 spiro atoms. The second-order valence-corrected chi connectivity index (χ2v) is 9.37. The molecular weight excluding hydrogens is 513 g/mol. The van der Waals surface area contributed by atoms with Gasteiger partial charge in [-0.15, -0.1) is 12.4 Å². The molecule has 1 aromatic heterocycles. The van der Waals surface area contributed by atoms with Crippen LogP contribution >= 0.6 is 12.4 Å². The Balaban J connectivity index is 0.00000380. The summed E-state index contributed by atoms with van der Waals surface area (Å²) in [7, 11) is 0. The number of amides is 1. The van der Waals surface area contributed by atoms with E-state index in [1.54, 1.807) is 18.2 Å². The minimum absolute atomic E-state index is 0. The van der Waals surface area contributed by atoms with Gasteiger partial charge in [-0.3, -0.25) is 9.59 Å². The predicted octanol–water partition coefficient (Wildman–Crippen LogP) is 4.62. The van der Waals surface area contributed by atoms with E-state index in [2.05, 4.69) is 14.9 Å². The highest BCUT2D eigenvalue weighted by molar-refractivity contribution is 5.85. The van der Waals surface area contributed by atoms with Crippen LogP contribution in [0, 0.1) is 5.92 Å². The smallest absolute Gasteiger partial charge is 0.406 e. The van der Waals surface area contributed by atoms with Crippen molar-refractivity contribution >= 4 is 30.2 Å². The van der Waals surface area contributed by atoms with Gasteiger partial charge in [0.25, 0.3) is 0 Å². The largest absolute Gasteiger partial charge is 0.493 e. The number of nitrogens with one attached hydrogen (secondary N) is 1. The van der Waals surface area contributed by atoms with Gasteiger partial charge < -0.3 is 24.6 Å². The summed E-state index contributed by atoms with van der Waals surface area (Å²) in [5, 5.41) is 12.5. The van der Waals surface area contributed by atoms with Crippen molar-refractivity contribution in [1.29, 1.82) is 0 Å². The van der Waals surface area contributed by atoms with Crippen LogP contribution in [0.4, 0.5) is 19.1 Å². The van der Waals surface area contributed by atoms with E-state index in [9.17, 15) is 27.9 Å². The Morgan fingerprint density at radius 3 is 2.78 bits per heavy atom. The summed E-state index contributed by atoms with van der Waals surface area (Å²) in [6.45, 7) is 2.56. The monoisotopic (exact) mass is 544 g/mol. The average molecular weight is 545 g/mol. The molecule has 2 aromatic rings. The van der Waals surface area contributed by atoms with E-state index in [-0.39, 0.29) is 18.8 Å². The highest BCUT2D eigenvalue weighted by Crippen LogP contribution is 2.39. The number of halogens is 4. The number of carbonyl (C=O) groups is 2. The molecule has 0 bridgehead atoms. The first-order valence-electron chi connectivity index (χ1n) is 12.3. The number of carboxylic acids is 1. The molecule has 0 aliphatic carbocycles. The molecule has 2 aliphatic heterocycles. The summed E-state index contributed by atoms with van der Waals surface area (Å²) < 4.78 is 48.4. The van der Waals surface area contributed by atoms with Gasteiger partial charge in [-0.2, -0.15) is 13.2 Å². The van der Waals surface area contributed by atoms with Gasteiger partial charge in [0.2, 0.25) is 11.9 Å². The number of carbonyl (C=O) groups excluding carboxylic acids is 1. The van der Waals surface area contributed by atoms with Crippen molar-refractivity contribution in [2.45, 2.75) is 64.2 Å². The Labute approximate surface area is 219 Å². The molecule has 2 atom stereocenters. The number of fused-ring (bicyclic) bond motifs is 2. The Morgan fingerprint density at radius 1 is 1.32 bits per heavy atom.